The summed E-state index contributed by atoms with van der Waals surface area (Å²) in [5, 5.41) is 6.40. The van der Waals surface area contributed by atoms with Crippen LogP contribution in [-0.2, 0) is 4.79 Å². The predicted molar refractivity (Wildman–Crippen MR) is 60.5 cm³/mol. The van der Waals surface area contributed by atoms with Gasteiger partial charge in [-0.25, -0.2) is 0 Å². The highest BCUT2D eigenvalue weighted by molar-refractivity contribution is 5.79. The fourth-order valence-electron chi connectivity index (χ4n) is 2.50. The van der Waals surface area contributed by atoms with Crippen molar-refractivity contribution in [3.05, 3.63) is 0 Å². The first-order valence-corrected chi connectivity index (χ1v) is 6.02. The minimum Gasteiger partial charge on any atom is -0.356 e. The Balaban J connectivity index is 1.73. The molecule has 0 aromatic carbocycles. The summed E-state index contributed by atoms with van der Waals surface area (Å²) in [7, 11) is 0. The van der Waals surface area contributed by atoms with Crippen molar-refractivity contribution in [1.29, 1.82) is 0 Å². The van der Waals surface area contributed by atoms with E-state index in [-0.39, 0.29) is 11.8 Å². The molecule has 2 aliphatic rings. The highest BCUT2D eigenvalue weighted by Crippen LogP contribution is 2.50. The molecule has 1 amide bonds. The summed E-state index contributed by atoms with van der Waals surface area (Å²) in [6.07, 6.45) is 2.24. The normalized spacial score (nSPS) is 37.7. The average Bonchev–Trinajstić information content (AvgIpc) is 2.58. The van der Waals surface area contributed by atoms with Gasteiger partial charge in [-0.05, 0) is 37.6 Å². The zero-order valence-corrected chi connectivity index (χ0v) is 9.97. The van der Waals surface area contributed by atoms with Crippen LogP contribution in [0.5, 0.6) is 0 Å². The summed E-state index contributed by atoms with van der Waals surface area (Å²) in [4.78, 5) is 11.8. The van der Waals surface area contributed by atoms with E-state index in [0.29, 0.717) is 17.4 Å². The number of nitrogens with one attached hydrogen (secondary N) is 2. The first-order chi connectivity index (χ1) is 7.00. The standard InChI is InChI=1S/C12H22N2O/c1-8-10(4-5-13-8)11(15)14-7-9-6-12(9,2)3/h8-10,13H,4-7H2,1-3H3,(H,14,15). The van der Waals surface area contributed by atoms with E-state index in [1.165, 1.54) is 6.42 Å². The number of rotatable bonds is 3. The highest BCUT2D eigenvalue weighted by Gasteiger charge is 2.45. The smallest absolute Gasteiger partial charge is 0.224 e. The van der Waals surface area contributed by atoms with Gasteiger partial charge in [0.1, 0.15) is 0 Å². The minimum atomic E-state index is 0.187. The zero-order valence-electron chi connectivity index (χ0n) is 9.97. The first-order valence-electron chi connectivity index (χ1n) is 6.02. The molecule has 0 bridgehead atoms. The van der Waals surface area contributed by atoms with E-state index in [0.717, 1.165) is 19.5 Å². The summed E-state index contributed by atoms with van der Waals surface area (Å²) >= 11 is 0. The van der Waals surface area contributed by atoms with E-state index in [1.54, 1.807) is 0 Å². The van der Waals surface area contributed by atoms with E-state index >= 15 is 0 Å². The molecule has 2 rings (SSSR count). The Morgan fingerprint density at radius 1 is 1.53 bits per heavy atom. The Kier molecular flexibility index (Phi) is 2.75. The number of carbonyl (C=O) groups excluding carboxylic acids is 1. The number of carbonyl (C=O) groups is 1. The SMILES string of the molecule is CC1NCCC1C(=O)NCC1CC1(C)C. The van der Waals surface area contributed by atoms with Crippen molar-refractivity contribution >= 4 is 5.91 Å². The predicted octanol–water partition coefficient (Wildman–Crippen LogP) is 1.15. The van der Waals surface area contributed by atoms with E-state index in [4.69, 9.17) is 0 Å². The molecule has 0 spiro atoms. The van der Waals surface area contributed by atoms with Gasteiger partial charge >= 0.3 is 0 Å². The lowest BCUT2D eigenvalue weighted by atomic mass is 10.0. The number of hydrogen-bond donors (Lipinski definition) is 2. The number of amides is 1. The Hall–Kier alpha value is -0.570. The molecule has 3 heteroatoms. The van der Waals surface area contributed by atoms with Crippen LogP contribution in [0.1, 0.15) is 33.6 Å². The van der Waals surface area contributed by atoms with Gasteiger partial charge < -0.3 is 10.6 Å². The molecule has 2 N–H and O–H groups in total. The van der Waals surface area contributed by atoms with Gasteiger partial charge in [-0.3, -0.25) is 4.79 Å². The molecule has 0 aromatic heterocycles. The maximum absolute atomic E-state index is 11.8. The Morgan fingerprint density at radius 2 is 2.20 bits per heavy atom. The summed E-state index contributed by atoms with van der Waals surface area (Å²) in [6.45, 7) is 8.48. The molecule has 1 saturated carbocycles. The van der Waals surface area contributed by atoms with Crippen LogP contribution < -0.4 is 10.6 Å². The molecule has 3 atom stereocenters. The molecule has 0 aromatic rings. The van der Waals surface area contributed by atoms with Gasteiger partial charge in [0.25, 0.3) is 0 Å². The molecule has 1 aliphatic carbocycles. The lowest BCUT2D eigenvalue weighted by molar-refractivity contribution is -0.125. The fraction of sp³-hybridized carbons (Fsp3) is 0.917. The van der Waals surface area contributed by atoms with Crippen LogP contribution in [0.3, 0.4) is 0 Å². The summed E-state index contributed by atoms with van der Waals surface area (Å²) in [5.74, 6) is 1.13. The Labute approximate surface area is 92.0 Å². The van der Waals surface area contributed by atoms with Gasteiger partial charge in [0, 0.05) is 12.6 Å². The molecule has 0 radical (unpaired) electrons. The fourth-order valence-corrected chi connectivity index (χ4v) is 2.50. The second-order valence-electron chi connectivity index (χ2n) is 5.77. The highest BCUT2D eigenvalue weighted by atomic mass is 16.1. The van der Waals surface area contributed by atoms with Crippen molar-refractivity contribution < 1.29 is 4.79 Å². The van der Waals surface area contributed by atoms with E-state index in [9.17, 15) is 4.79 Å². The zero-order chi connectivity index (χ0) is 11.1. The van der Waals surface area contributed by atoms with E-state index in [2.05, 4.69) is 31.4 Å². The maximum Gasteiger partial charge on any atom is 0.224 e. The number of hydrogen-bond acceptors (Lipinski definition) is 2. The van der Waals surface area contributed by atoms with Crippen molar-refractivity contribution in [2.75, 3.05) is 13.1 Å². The van der Waals surface area contributed by atoms with Crippen molar-refractivity contribution in [3.63, 3.8) is 0 Å². The van der Waals surface area contributed by atoms with Gasteiger partial charge in [0.2, 0.25) is 5.91 Å². The molecular weight excluding hydrogens is 188 g/mol. The van der Waals surface area contributed by atoms with Crippen LogP contribution in [-0.4, -0.2) is 25.0 Å². The van der Waals surface area contributed by atoms with Crippen LogP contribution in [0.25, 0.3) is 0 Å². The van der Waals surface area contributed by atoms with Crippen molar-refractivity contribution in [2.24, 2.45) is 17.3 Å². The van der Waals surface area contributed by atoms with E-state index < -0.39 is 0 Å². The van der Waals surface area contributed by atoms with Crippen LogP contribution in [0.4, 0.5) is 0 Å². The Morgan fingerprint density at radius 3 is 2.67 bits per heavy atom. The molecule has 3 unspecified atom stereocenters. The van der Waals surface area contributed by atoms with Gasteiger partial charge in [0.05, 0.1) is 5.92 Å². The monoisotopic (exact) mass is 210 g/mol. The second kappa shape index (κ2) is 3.78. The third kappa shape index (κ3) is 2.33. The summed E-state index contributed by atoms with van der Waals surface area (Å²) in [6, 6.07) is 0.345. The minimum absolute atomic E-state index is 0.187. The summed E-state index contributed by atoms with van der Waals surface area (Å²) in [5.41, 5.74) is 0.465. The molecule has 1 aliphatic heterocycles. The second-order valence-corrected chi connectivity index (χ2v) is 5.77. The molecule has 86 valence electrons. The lowest BCUT2D eigenvalue weighted by Crippen LogP contribution is -2.37. The third-order valence-electron chi connectivity index (χ3n) is 4.10. The quantitative estimate of drug-likeness (QED) is 0.733. The van der Waals surface area contributed by atoms with Crippen LogP contribution >= 0.6 is 0 Å². The van der Waals surface area contributed by atoms with Gasteiger partial charge in [-0.1, -0.05) is 13.8 Å². The van der Waals surface area contributed by atoms with Crippen LogP contribution in [0, 0.1) is 17.3 Å². The maximum atomic E-state index is 11.8. The van der Waals surface area contributed by atoms with Gasteiger partial charge in [-0.15, -0.1) is 0 Å². The topological polar surface area (TPSA) is 41.1 Å². The van der Waals surface area contributed by atoms with Crippen molar-refractivity contribution in [2.45, 2.75) is 39.7 Å². The van der Waals surface area contributed by atoms with Gasteiger partial charge in [-0.2, -0.15) is 0 Å². The molecule has 15 heavy (non-hydrogen) atoms. The lowest BCUT2D eigenvalue weighted by Gasteiger charge is -2.15. The van der Waals surface area contributed by atoms with Crippen molar-refractivity contribution in [1.82, 2.24) is 10.6 Å². The average molecular weight is 210 g/mol. The third-order valence-corrected chi connectivity index (χ3v) is 4.10. The Bertz CT molecular complexity index is 262. The molecule has 1 saturated heterocycles. The van der Waals surface area contributed by atoms with Crippen LogP contribution in [0.2, 0.25) is 0 Å². The van der Waals surface area contributed by atoms with Crippen LogP contribution in [0.15, 0.2) is 0 Å². The molecular formula is C12H22N2O. The summed E-state index contributed by atoms with van der Waals surface area (Å²) < 4.78 is 0. The molecule has 3 nitrogen and oxygen atoms in total. The van der Waals surface area contributed by atoms with Crippen molar-refractivity contribution in [3.8, 4) is 0 Å². The molecule has 2 fully saturated rings. The van der Waals surface area contributed by atoms with E-state index in [1.807, 2.05) is 0 Å². The molecule has 1 heterocycles. The first kappa shape index (κ1) is 10.9. The largest absolute Gasteiger partial charge is 0.356 e. The van der Waals surface area contributed by atoms with Gasteiger partial charge in [0.15, 0.2) is 0 Å².